The standard InChI is InChI=1S/C21H23F2NO3/c1-21(2,3)15-7-4-13(5-8-15)11-18(20(26)27)24-19(25)12-14-6-9-16(22)17(23)10-14/h4-10,18H,11-12H2,1-3H3,(H,24,25)(H,26,27)/t18-/m0/s1. The molecule has 144 valence electrons. The first-order valence-electron chi connectivity index (χ1n) is 8.62. The lowest BCUT2D eigenvalue weighted by Crippen LogP contribution is -2.43. The molecule has 0 radical (unpaired) electrons. The Bertz CT molecular complexity index is 826. The lowest BCUT2D eigenvalue weighted by atomic mass is 9.86. The minimum atomic E-state index is -1.16. The molecule has 0 saturated carbocycles. The van der Waals surface area contributed by atoms with Gasteiger partial charge in [0.25, 0.3) is 0 Å². The van der Waals surface area contributed by atoms with Crippen LogP contribution in [0.2, 0.25) is 0 Å². The maximum Gasteiger partial charge on any atom is 0.326 e. The predicted octanol–water partition coefficient (Wildman–Crippen LogP) is 3.62. The molecule has 1 amide bonds. The van der Waals surface area contributed by atoms with Crippen LogP contribution in [0.4, 0.5) is 8.78 Å². The molecule has 1 atom stereocenters. The number of hydrogen-bond acceptors (Lipinski definition) is 2. The summed E-state index contributed by atoms with van der Waals surface area (Å²) in [6, 6.07) is 9.62. The Kier molecular flexibility index (Phi) is 6.31. The van der Waals surface area contributed by atoms with Crippen molar-refractivity contribution >= 4 is 11.9 Å². The molecular formula is C21H23F2NO3. The smallest absolute Gasteiger partial charge is 0.326 e. The molecule has 0 bridgehead atoms. The van der Waals surface area contributed by atoms with Gasteiger partial charge in [0.2, 0.25) is 5.91 Å². The van der Waals surface area contributed by atoms with Gasteiger partial charge in [0.05, 0.1) is 6.42 Å². The van der Waals surface area contributed by atoms with Crippen molar-refractivity contribution in [3.8, 4) is 0 Å². The molecule has 0 aromatic heterocycles. The fraction of sp³-hybridized carbons (Fsp3) is 0.333. The van der Waals surface area contributed by atoms with E-state index >= 15 is 0 Å². The van der Waals surface area contributed by atoms with Gasteiger partial charge in [-0.25, -0.2) is 13.6 Å². The van der Waals surface area contributed by atoms with E-state index in [4.69, 9.17) is 0 Å². The quantitative estimate of drug-likeness (QED) is 0.810. The van der Waals surface area contributed by atoms with Gasteiger partial charge in [0.15, 0.2) is 11.6 Å². The van der Waals surface area contributed by atoms with Crippen LogP contribution in [0.15, 0.2) is 42.5 Å². The summed E-state index contributed by atoms with van der Waals surface area (Å²) in [6.45, 7) is 6.25. The topological polar surface area (TPSA) is 66.4 Å². The highest BCUT2D eigenvalue weighted by atomic mass is 19.2. The Hall–Kier alpha value is -2.76. The van der Waals surface area contributed by atoms with Crippen LogP contribution in [0, 0.1) is 11.6 Å². The van der Waals surface area contributed by atoms with E-state index in [1.54, 1.807) is 0 Å². The van der Waals surface area contributed by atoms with Gasteiger partial charge in [-0.2, -0.15) is 0 Å². The van der Waals surface area contributed by atoms with Crippen LogP contribution in [0.5, 0.6) is 0 Å². The minimum Gasteiger partial charge on any atom is -0.480 e. The van der Waals surface area contributed by atoms with Gasteiger partial charge in [-0.15, -0.1) is 0 Å². The monoisotopic (exact) mass is 375 g/mol. The number of carboxylic acid groups (broad SMARTS) is 1. The largest absolute Gasteiger partial charge is 0.480 e. The van der Waals surface area contributed by atoms with Gasteiger partial charge < -0.3 is 10.4 Å². The van der Waals surface area contributed by atoms with Crippen LogP contribution < -0.4 is 5.32 Å². The summed E-state index contributed by atoms with van der Waals surface area (Å²) in [7, 11) is 0. The van der Waals surface area contributed by atoms with E-state index in [0.29, 0.717) is 0 Å². The van der Waals surface area contributed by atoms with Crippen molar-refractivity contribution in [2.75, 3.05) is 0 Å². The number of rotatable bonds is 6. The molecule has 0 aliphatic rings. The Balaban J connectivity index is 2.03. The van der Waals surface area contributed by atoms with Crippen molar-refractivity contribution in [2.24, 2.45) is 0 Å². The lowest BCUT2D eigenvalue weighted by Gasteiger charge is -2.20. The summed E-state index contributed by atoms with van der Waals surface area (Å²) < 4.78 is 26.2. The molecule has 4 nitrogen and oxygen atoms in total. The maximum absolute atomic E-state index is 13.2. The van der Waals surface area contributed by atoms with Gasteiger partial charge in [0.1, 0.15) is 6.04 Å². The normalized spacial score (nSPS) is 12.5. The van der Waals surface area contributed by atoms with Gasteiger partial charge in [0, 0.05) is 6.42 Å². The first-order chi connectivity index (χ1) is 12.6. The molecule has 0 saturated heterocycles. The molecule has 0 unspecified atom stereocenters. The van der Waals surface area contributed by atoms with E-state index in [0.717, 1.165) is 23.3 Å². The van der Waals surface area contributed by atoms with Crippen LogP contribution in [-0.2, 0) is 27.8 Å². The highest BCUT2D eigenvalue weighted by Crippen LogP contribution is 2.22. The summed E-state index contributed by atoms with van der Waals surface area (Å²) in [5.41, 5.74) is 2.16. The number of halogens is 2. The van der Waals surface area contributed by atoms with Gasteiger partial charge in [-0.05, 0) is 34.2 Å². The first-order valence-corrected chi connectivity index (χ1v) is 8.62. The molecule has 0 fully saturated rings. The highest BCUT2D eigenvalue weighted by Gasteiger charge is 2.21. The molecule has 6 heteroatoms. The number of carboxylic acids is 1. The minimum absolute atomic E-state index is 0.0105. The molecule has 0 aliphatic carbocycles. The molecule has 0 spiro atoms. The third-order valence-electron chi connectivity index (χ3n) is 4.24. The third-order valence-corrected chi connectivity index (χ3v) is 4.24. The van der Waals surface area contributed by atoms with Crippen LogP contribution in [0.1, 0.15) is 37.5 Å². The van der Waals surface area contributed by atoms with E-state index in [1.165, 1.54) is 6.07 Å². The number of hydrogen-bond donors (Lipinski definition) is 2. The van der Waals surface area contributed by atoms with Gasteiger partial charge in [-0.1, -0.05) is 51.1 Å². The van der Waals surface area contributed by atoms with Crippen molar-refractivity contribution in [3.05, 3.63) is 70.8 Å². The molecule has 2 N–H and O–H groups in total. The second-order valence-electron chi connectivity index (χ2n) is 7.53. The number of carbonyl (C=O) groups is 2. The zero-order valence-electron chi connectivity index (χ0n) is 15.6. The van der Waals surface area contributed by atoms with E-state index in [9.17, 15) is 23.5 Å². The van der Waals surface area contributed by atoms with Crippen molar-refractivity contribution in [1.29, 1.82) is 0 Å². The second kappa shape index (κ2) is 8.29. The summed E-state index contributed by atoms with van der Waals surface area (Å²) in [6.07, 6.45) is -0.104. The average molecular weight is 375 g/mol. The van der Waals surface area contributed by atoms with E-state index in [1.807, 2.05) is 24.3 Å². The Morgan fingerprint density at radius 2 is 1.59 bits per heavy atom. The van der Waals surface area contributed by atoms with E-state index in [-0.39, 0.29) is 23.8 Å². The van der Waals surface area contributed by atoms with Crippen LogP contribution in [0.3, 0.4) is 0 Å². The molecule has 0 aliphatic heterocycles. The zero-order valence-corrected chi connectivity index (χ0v) is 15.6. The Morgan fingerprint density at radius 3 is 2.11 bits per heavy atom. The number of carbonyl (C=O) groups excluding carboxylic acids is 1. The molecule has 2 aromatic carbocycles. The zero-order chi connectivity index (χ0) is 20.2. The van der Waals surface area contributed by atoms with Gasteiger partial charge in [-0.3, -0.25) is 4.79 Å². The van der Waals surface area contributed by atoms with Crippen molar-refractivity contribution in [3.63, 3.8) is 0 Å². The van der Waals surface area contributed by atoms with E-state index < -0.39 is 29.6 Å². The van der Waals surface area contributed by atoms with Gasteiger partial charge >= 0.3 is 5.97 Å². The van der Waals surface area contributed by atoms with Crippen molar-refractivity contribution in [2.45, 2.75) is 45.1 Å². The second-order valence-corrected chi connectivity index (χ2v) is 7.53. The summed E-state index contributed by atoms with van der Waals surface area (Å²) in [5.74, 6) is -3.77. The molecule has 2 rings (SSSR count). The third kappa shape index (κ3) is 5.88. The molecule has 27 heavy (non-hydrogen) atoms. The molecular weight excluding hydrogens is 352 g/mol. The fourth-order valence-corrected chi connectivity index (χ4v) is 2.66. The highest BCUT2D eigenvalue weighted by molar-refractivity contribution is 5.85. The van der Waals surface area contributed by atoms with Crippen LogP contribution in [-0.4, -0.2) is 23.0 Å². The van der Waals surface area contributed by atoms with Crippen LogP contribution >= 0.6 is 0 Å². The van der Waals surface area contributed by atoms with E-state index in [2.05, 4.69) is 26.1 Å². The lowest BCUT2D eigenvalue weighted by molar-refractivity contribution is -0.141. The Morgan fingerprint density at radius 1 is 1.00 bits per heavy atom. The number of amides is 1. The number of benzene rings is 2. The maximum atomic E-state index is 13.2. The summed E-state index contributed by atoms with van der Waals surface area (Å²) in [4.78, 5) is 23.6. The fourth-order valence-electron chi connectivity index (χ4n) is 2.66. The Labute approximate surface area is 157 Å². The SMILES string of the molecule is CC(C)(C)c1ccc(C[C@H](NC(=O)Cc2ccc(F)c(F)c2)C(=O)O)cc1. The summed E-state index contributed by atoms with van der Waals surface area (Å²) in [5, 5.41) is 11.8. The van der Waals surface area contributed by atoms with Crippen LogP contribution in [0.25, 0.3) is 0 Å². The van der Waals surface area contributed by atoms with Crippen molar-refractivity contribution < 1.29 is 23.5 Å². The predicted molar refractivity (Wildman–Crippen MR) is 98.5 cm³/mol. The van der Waals surface area contributed by atoms with Crippen molar-refractivity contribution in [1.82, 2.24) is 5.32 Å². The summed E-state index contributed by atoms with van der Waals surface area (Å²) >= 11 is 0. The molecule has 0 heterocycles. The average Bonchev–Trinajstić information content (AvgIpc) is 2.57. The number of aliphatic carboxylic acids is 1. The molecule has 2 aromatic rings. The first kappa shape index (κ1) is 20.6. The number of nitrogens with one attached hydrogen (secondary N) is 1.